The molecule has 4 aromatic rings. The molecule has 39 heavy (non-hydrogen) atoms. The van der Waals surface area contributed by atoms with Crippen molar-refractivity contribution in [3.8, 4) is 5.88 Å². The molecule has 6 heterocycles. The van der Waals surface area contributed by atoms with Crippen LogP contribution in [0.3, 0.4) is 0 Å². The minimum atomic E-state index is -3.91. The number of ether oxygens (including phenoxy) is 1. The molecule has 0 radical (unpaired) electrons. The van der Waals surface area contributed by atoms with Crippen LogP contribution in [0.5, 0.6) is 5.88 Å². The summed E-state index contributed by atoms with van der Waals surface area (Å²) in [6.07, 6.45) is 0.833. The Balaban J connectivity index is 1.33. The van der Waals surface area contributed by atoms with Gasteiger partial charge in [-0.15, -0.1) is 10.2 Å². The zero-order chi connectivity index (χ0) is 27.5. The fourth-order valence-electron chi connectivity index (χ4n) is 5.02. The van der Waals surface area contributed by atoms with Crippen LogP contribution in [0.25, 0.3) is 5.65 Å². The van der Waals surface area contributed by atoms with E-state index in [1.807, 2.05) is 26.0 Å². The van der Waals surface area contributed by atoms with Gasteiger partial charge in [-0.1, -0.05) is 6.07 Å². The number of fused-ring (bicyclic) bond motifs is 2. The lowest BCUT2D eigenvalue weighted by molar-refractivity contribution is -0.00171. The van der Waals surface area contributed by atoms with Crippen molar-refractivity contribution in [3.63, 3.8) is 0 Å². The molecule has 0 aromatic carbocycles. The zero-order valence-corrected chi connectivity index (χ0v) is 22.5. The lowest BCUT2D eigenvalue weighted by Crippen LogP contribution is -2.67. The molecule has 0 bridgehead atoms. The number of halogens is 2. The predicted molar refractivity (Wildman–Crippen MR) is 137 cm³/mol. The third-order valence-electron chi connectivity index (χ3n) is 7.36. The van der Waals surface area contributed by atoms with Gasteiger partial charge in [0.25, 0.3) is 6.43 Å². The third kappa shape index (κ3) is 4.43. The minimum absolute atomic E-state index is 0.0560. The van der Waals surface area contributed by atoms with Crippen LogP contribution >= 0.6 is 0 Å². The van der Waals surface area contributed by atoms with Crippen LogP contribution in [0.2, 0.25) is 0 Å². The van der Waals surface area contributed by atoms with E-state index in [1.165, 1.54) is 14.9 Å². The van der Waals surface area contributed by atoms with Gasteiger partial charge in [-0.25, -0.2) is 22.2 Å². The van der Waals surface area contributed by atoms with Gasteiger partial charge in [-0.3, -0.25) is 9.38 Å². The number of hydrogen-bond donors (Lipinski definition) is 1. The normalized spacial score (nSPS) is 18.1. The Labute approximate surface area is 224 Å². The van der Waals surface area contributed by atoms with E-state index in [-0.39, 0.29) is 23.9 Å². The zero-order valence-electron chi connectivity index (χ0n) is 21.6. The smallest absolute Gasteiger partial charge is 0.297 e. The van der Waals surface area contributed by atoms with E-state index in [9.17, 15) is 17.2 Å². The number of rotatable bonds is 5. The second-order valence-corrected chi connectivity index (χ2v) is 12.1. The maximum Gasteiger partial charge on any atom is 0.297 e. The average molecular weight is 556 g/mol. The Morgan fingerprint density at radius 3 is 2.67 bits per heavy atom. The molecule has 13 heteroatoms. The Bertz CT molecular complexity index is 1700. The summed E-state index contributed by atoms with van der Waals surface area (Å²) in [5, 5.41) is 10.8. The first-order valence-electron chi connectivity index (χ1n) is 12.5. The molecule has 6 rings (SSSR count). The molecule has 0 atom stereocenters. The molecule has 0 unspecified atom stereocenters. The van der Waals surface area contributed by atoms with Gasteiger partial charge in [0.1, 0.15) is 10.5 Å². The number of pyridine rings is 3. The summed E-state index contributed by atoms with van der Waals surface area (Å²) >= 11 is 0. The topological polar surface area (TPSA) is 115 Å². The lowest BCUT2D eigenvalue weighted by Gasteiger charge is -2.42. The Kier molecular flexibility index (Phi) is 6.12. The Hall–Kier alpha value is -3.55. The van der Waals surface area contributed by atoms with Gasteiger partial charge in [-0.05, 0) is 61.2 Å². The van der Waals surface area contributed by atoms with Gasteiger partial charge < -0.3 is 10.1 Å². The van der Waals surface area contributed by atoms with E-state index >= 15 is 0 Å². The molecule has 4 aromatic heterocycles. The standard InChI is InChI=1S/C26H27F2N7O3S/c1-15-8-21-25(30-10-15)38-26(12-29-13-26)14-34(39(21,36)37)11-20-16(2)4-5-19(31-20)9-18-6-7-35-23(17(18)3)32-33-24(35)22(27)28/h4-8,10,22,29H,9,11-14H2,1-3H3. The molecule has 1 fully saturated rings. The summed E-state index contributed by atoms with van der Waals surface area (Å²) in [4.78, 5) is 9.18. The van der Waals surface area contributed by atoms with Gasteiger partial charge in [0.15, 0.2) is 5.65 Å². The van der Waals surface area contributed by atoms with Crippen molar-refractivity contribution in [1.82, 2.24) is 34.2 Å². The molecule has 0 amide bonds. The molecule has 0 saturated carbocycles. The largest absolute Gasteiger partial charge is 0.466 e. The highest BCUT2D eigenvalue weighted by molar-refractivity contribution is 7.89. The quantitative estimate of drug-likeness (QED) is 0.400. The molecular weight excluding hydrogens is 528 g/mol. The number of nitrogens with zero attached hydrogens (tertiary/aromatic N) is 6. The van der Waals surface area contributed by atoms with Crippen molar-refractivity contribution in [2.45, 2.75) is 50.7 Å². The van der Waals surface area contributed by atoms with Crippen LogP contribution in [0.15, 0.2) is 41.6 Å². The minimum Gasteiger partial charge on any atom is -0.466 e. The maximum atomic E-state index is 13.8. The first kappa shape index (κ1) is 25.7. The van der Waals surface area contributed by atoms with Crippen LogP contribution in [-0.4, -0.2) is 62.5 Å². The van der Waals surface area contributed by atoms with Crippen molar-refractivity contribution < 1.29 is 21.9 Å². The van der Waals surface area contributed by atoms with E-state index in [4.69, 9.17) is 9.72 Å². The number of sulfonamides is 1. The van der Waals surface area contributed by atoms with Gasteiger partial charge in [0, 0.05) is 37.6 Å². The first-order chi connectivity index (χ1) is 18.6. The summed E-state index contributed by atoms with van der Waals surface area (Å²) in [6.45, 7) is 6.76. The van der Waals surface area contributed by atoms with Gasteiger partial charge in [-0.2, -0.15) is 4.31 Å². The van der Waals surface area contributed by atoms with Gasteiger partial charge in [0.2, 0.25) is 21.7 Å². The lowest BCUT2D eigenvalue weighted by atomic mass is 9.96. The van der Waals surface area contributed by atoms with E-state index in [1.54, 1.807) is 25.3 Å². The van der Waals surface area contributed by atoms with Crippen LogP contribution in [0.1, 0.15) is 45.9 Å². The molecule has 10 nitrogen and oxygen atoms in total. The van der Waals surface area contributed by atoms with Gasteiger partial charge >= 0.3 is 0 Å². The molecule has 1 N–H and O–H groups in total. The molecule has 0 aliphatic carbocycles. The van der Waals surface area contributed by atoms with E-state index in [0.717, 1.165) is 27.9 Å². The summed E-state index contributed by atoms with van der Waals surface area (Å²) in [5.41, 5.74) is 4.19. The summed E-state index contributed by atoms with van der Waals surface area (Å²) < 4.78 is 63.0. The van der Waals surface area contributed by atoms with E-state index in [0.29, 0.717) is 30.9 Å². The van der Waals surface area contributed by atoms with Crippen LogP contribution in [-0.2, 0) is 23.0 Å². The van der Waals surface area contributed by atoms with Gasteiger partial charge in [0.05, 0.1) is 18.8 Å². The molecule has 1 spiro atoms. The van der Waals surface area contributed by atoms with Crippen molar-refractivity contribution in [2.24, 2.45) is 0 Å². The number of alkyl halides is 2. The Morgan fingerprint density at radius 1 is 1.15 bits per heavy atom. The second-order valence-electron chi connectivity index (χ2n) is 10.2. The van der Waals surface area contributed by atoms with Crippen LogP contribution in [0.4, 0.5) is 8.78 Å². The Morgan fingerprint density at radius 2 is 1.95 bits per heavy atom. The molecule has 204 valence electrons. The number of hydrogen-bond acceptors (Lipinski definition) is 8. The number of aryl methyl sites for hydroxylation is 3. The molecular formula is C26H27F2N7O3S. The summed E-state index contributed by atoms with van der Waals surface area (Å²) in [7, 11) is -3.91. The summed E-state index contributed by atoms with van der Waals surface area (Å²) in [6, 6.07) is 7.15. The molecule has 2 aliphatic rings. The first-order valence-corrected chi connectivity index (χ1v) is 13.9. The van der Waals surface area contributed by atoms with Crippen molar-refractivity contribution >= 4 is 15.7 Å². The number of aromatic nitrogens is 5. The van der Waals surface area contributed by atoms with Crippen LogP contribution < -0.4 is 10.1 Å². The monoisotopic (exact) mass is 555 g/mol. The van der Waals surface area contributed by atoms with E-state index in [2.05, 4.69) is 20.5 Å². The average Bonchev–Trinajstić information content (AvgIpc) is 3.28. The highest BCUT2D eigenvalue weighted by atomic mass is 32.2. The highest BCUT2D eigenvalue weighted by Gasteiger charge is 2.48. The van der Waals surface area contributed by atoms with Crippen molar-refractivity contribution in [3.05, 3.63) is 76.1 Å². The maximum absolute atomic E-state index is 13.8. The van der Waals surface area contributed by atoms with Crippen LogP contribution in [0, 0.1) is 20.8 Å². The number of nitrogens with one attached hydrogen (secondary N) is 1. The fourth-order valence-corrected chi connectivity index (χ4v) is 6.64. The third-order valence-corrected chi connectivity index (χ3v) is 9.15. The summed E-state index contributed by atoms with van der Waals surface area (Å²) in [5.74, 6) is -0.276. The predicted octanol–water partition coefficient (Wildman–Crippen LogP) is 2.90. The highest BCUT2D eigenvalue weighted by Crippen LogP contribution is 2.36. The second kappa shape index (κ2) is 9.28. The molecule has 1 saturated heterocycles. The van der Waals surface area contributed by atoms with Crippen molar-refractivity contribution in [2.75, 3.05) is 19.6 Å². The van der Waals surface area contributed by atoms with E-state index < -0.39 is 27.9 Å². The fraction of sp³-hybridized carbons (Fsp3) is 0.385. The molecule has 2 aliphatic heterocycles. The van der Waals surface area contributed by atoms with Crippen molar-refractivity contribution in [1.29, 1.82) is 0 Å². The SMILES string of the molecule is Cc1cnc2c(c1)S(=O)(=O)N(Cc1nc(Cc3ccn4c(C(F)F)nnc4c3C)ccc1C)CC1(CNC1)O2.